The third-order valence-corrected chi connectivity index (χ3v) is 3.51. The van der Waals surface area contributed by atoms with Crippen molar-refractivity contribution in [3.63, 3.8) is 0 Å². The molecule has 5 nitrogen and oxygen atoms in total. The third-order valence-electron chi connectivity index (χ3n) is 2.82. The summed E-state index contributed by atoms with van der Waals surface area (Å²) in [5.41, 5.74) is 0.967. The Bertz CT molecular complexity index is 439. The van der Waals surface area contributed by atoms with Crippen molar-refractivity contribution in [2.45, 2.75) is 0 Å². The molecule has 0 atom stereocenters. The minimum atomic E-state index is 0.0153. The first-order valence-electron chi connectivity index (χ1n) is 5.81. The maximum absolute atomic E-state index is 11.3. The van der Waals surface area contributed by atoms with Crippen LogP contribution in [0.2, 0.25) is 0 Å². The summed E-state index contributed by atoms with van der Waals surface area (Å²) in [6.07, 6.45) is 0. The summed E-state index contributed by atoms with van der Waals surface area (Å²) in [5, 5.41) is 6.06. The summed E-state index contributed by atoms with van der Waals surface area (Å²) in [7, 11) is 1.64. The zero-order chi connectivity index (χ0) is 13.0. The summed E-state index contributed by atoms with van der Waals surface area (Å²) in [6.45, 7) is 2.91. The first-order chi connectivity index (χ1) is 8.70. The molecular formula is C12H16BrN3O2. The number of anilines is 1. The molecule has 0 aromatic heterocycles. The predicted molar refractivity (Wildman–Crippen MR) is 74.2 cm³/mol. The second-order valence-corrected chi connectivity index (χ2v) is 4.85. The normalized spacial score (nSPS) is 14.6. The number of hydrogen-bond acceptors (Lipinski definition) is 3. The fourth-order valence-electron chi connectivity index (χ4n) is 1.82. The van der Waals surface area contributed by atoms with Crippen molar-refractivity contribution in [3.8, 4) is 5.75 Å². The van der Waals surface area contributed by atoms with Gasteiger partial charge in [-0.25, -0.2) is 4.79 Å². The molecule has 1 aliphatic heterocycles. The average Bonchev–Trinajstić information content (AvgIpc) is 2.77. The van der Waals surface area contributed by atoms with Gasteiger partial charge in [-0.1, -0.05) is 0 Å². The number of carbonyl (C=O) groups is 1. The van der Waals surface area contributed by atoms with Gasteiger partial charge in [0.25, 0.3) is 0 Å². The van der Waals surface area contributed by atoms with E-state index < -0.39 is 0 Å². The van der Waals surface area contributed by atoms with Gasteiger partial charge >= 0.3 is 6.03 Å². The zero-order valence-corrected chi connectivity index (χ0v) is 11.8. The van der Waals surface area contributed by atoms with Crippen LogP contribution in [0.15, 0.2) is 22.7 Å². The largest absolute Gasteiger partial charge is 0.497 e. The number of carbonyl (C=O) groups excluding carboxylic acids is 1. The topological polar surface area (TPSA) is 53.6 Å². The third kappa shape index (κ3) is 3.07. The van der Waals surface area contributed by atoms with Gasteiger partial charge in [0.2, 0.25) is 0 Å². The van der Waals surface area contributed by atoms with Crippen LogP contribution in [0.5, 0.6) is 5.75 Å². The lowest BCUT2D eigenvalue weighted by Crippen LogP contribution is -2.32. The SMILES string of the molecule is COc1ccc(Br)c(NCCN2CCNC2=O)c1. The molecule has 2 N–H and O–H groups in total. The standard InChI is InChI=1S/C12H16BrN3O2/c1-18-9-2-3-10(13)11(8-9)14-4-6-16-7-5-15-12(16)17/h2-3,8,14H,4-7H2,1H3,(H,15,17). The van der Waals surface area contributed by atoms with E-state index in [1.165, 1.54) is 0 Å². The van der Waals surface area contributed by atoms with Gasteiger partial charge < -0.3 is 20.3 Å². The van der Waals surface area contributed by atoms with Gasteiger partial charge in [-0.2, -0.15) is 0 Å². The van der Waals surface area contributed by atoms with Crippen molar-refractivity contribution in [1.82, 2.24) is 10.2 Å². The molecule has 0 aliphatic carbocycles. The molecule has 0 radical (unpaired) electrons. The Morgan fingerprint density at radius 2 is 2.39 bits per heavy atom. The highest BCUT2D eigenvalue weighted by Crippen LogP contribution is 2.26. The summed E-state index contributed by atoms with van der Waals surface area (Å²) >= 11 is 3.47. The van der Waals surface area contributed by atoms with E-state index in [1.54, 1.807) is 12.0 Å². The van der Waals surface area contributed by atoms with Gasteiger partial charge in [-0.05, 0) is 28.1 Å². The summed E-state index contributed by atoms with van der Waals surface area (Å²) in [6, 6.07) is 5.77. The first-order valence-corrected chi connectivity index (χ1v) is 6.60. The van der Waals surface area contributed by atoms with Gasteiger partial charge in [0, 0.05) is 36.7 Å². The molecule has 1 saturated heterocycles. The van der Waals surface area contributed by atoms with Crippen molar-refractivity contribution in [2.24, 2.45) is 0 Å². The van der Waals surface area contributed by atoms with Gasteiger partial charge in [0.05, 0.1) is 12.8 Å². The van der Waals surface area contributed by atoms with Crippen LogP contribution >= 0.6 is 15.9 Å². The van der Waals surface area contributed by atoms with E-state index in [1.807, 2.05) is 18.2 Å². The number of methoxy groups -OCH3 is 1. The molecule has 1 aliphatic rings. The van der Waals surface area contributed by atoms with Crippen molar-refractivity contribution >= 4 is 27.6 Å². The van der Waals surface area contributed by atoms with Crippen LogP contribution in [0.4, 0.5) is 10.5 Å². The quantitative estimate of drug-likeness (QED) is 0.873. The molecule has 0 spiro atoms. The second-order valence-electron chi connectivity index (χ2n) is 3.99. The van der Waals surface area contributed by atoms with Crippen LogP contribution in [0.1, 0.15) is 0 Å². The molecule has 1 heterocycles. The Balaban J connectivity index is 1.87. The molecule has 18 heavy (non-hydrogen) atoms. The number of halogens is 1. The second kappa shape index (κ2) is 5.95. The molecule has 0 bridgehead atoms. The van der Waals surface area contributed by atoms with Gasteiger partial charge in [0.15, 0.2) is 0 Å². The van der Waals surface area contributed by atoms with E-state index in [2.05, 4.69) is 26.6 Å². The highest BCUT2D eigenvalue weighted by molar-refractivity contribution is 9.10. The number of urea groups is 1. The molecule has 1 fully saturated rings. The predicted octanol–water partition coefficient (Wildman–Crippen LogP) is 1.89. The van der Waals surface area contributed by atoms with E-state index in [9.17, 15) is 4.79 Å². The molecule has 1 aromatic rings. The summed E-state index contributed by atoms with van der Waals surface area (Å²) in [5.74, 6) is 0.805. The van der Waals surface area contributed by atoms with E-state index >= 15 is 0 Å². The lowest BCUT2D eigenvalue weighted by atomic mass is 10.3. The highest BCUT2D eigenvalue weighted by Gasteiger charge is 2.18. The first kappa shape index (κ1) is 13.0. The average molecular weight is 314 g/mol. The fourth-order valence-corrected chi connectivity index (χ4v) is 2.20. The monoisotopic (exact) mass is 313 g/mol. The van der Waals surface area contributed by atoms with Gasteiger partial charge in [-0.15, -0.1) is 0 Å². The smallest absolute Gasteiger partial charge is 0.317 e. The zero-order valence-electron chi connectivity index (χ0n) is 10.2. The highest BCUT2D eigenvalue weighted by atomic mass is 79.9. The summed E-state index contributed by atoms with van der Waals surface area (Å²) < 4.78 is 6.15. The van der Waals surface area contributed by atoms with Crippen molar-refractivity contribution in [1.29, 1.82) is 0 Å². The minimum absolute atomic E-state index is 0.0153. The molecule has 1 aromatic carbocycles. The van der Waals surface area contributed by atoms with Crippen molar-refractivity contribution in [3.05, 3.63) is 22.7 Å². The van der Waals surface area contributed by atoms with Crippen LogP contribution in [0.3, 0.4) is 0 Å². The number of nitrogens with one attached hydrogen (secondary N) is 2. The minimum Gasteiger partial charge on any atom is -0.497 e. The Morgan fingerprint density at radius 3 is 3.06 bits per heavy atom. The van der Waals surface area contributed by atoms with Crippen LogP contribution < -0.4 is 15.4 Å². The molecule has 0 unspecified atom stereocenters. The number of benzene rings is 1. The van der Waals surface area contributed by atoms with E-state index in [4.69, 9.17) is 4.74 Å². The maximum Gasteiger partial charge on any atom is 0.317 e. The summed E-state index contributed by atoms with van der Waals surface area (Å²) in [4.78, 5) is 13.1. The van der Waals surface area contributed by atoms with E-state index in [0.29, 0.717) is 13.1 Å². The Morgan fingerprint density at radius 1 is 1.56 bits per heavy atom. The van der Waals surface area contributed by atoms with Crippen LogP contribution in [-0.2, 0) is 0 Å². The Hall–Kier alpha value is -1.43. The van der Waals surface area contributed by atoms with Crippen LogP contribution in [0.25, 0.3) is 0 Å². The number of nitrogens with zero attached hydrogens (tertiary/aromatic N) is 1. The fraction of sp³-hybridized carbons (Fsp3) is 0.417. The van der Waals surface area contributed by atoms with Gasteiger partial charge in [0.1, 0.15) is 5.75 Å². The Kier molecular flexibility index (Phi) is 4.30. The van der Waals surface area contributed by atoms with E-state index in [-0.39, 0.29) is 6.03 Å². The number of amides is 2. The lowest BCUT2D eigenvalue weighted by molar-refractivity contribution is 0.219. The number of ether oxygens (including phenoxy) is 1. The molecule has 2 rings (SSSR count). The molecule has 98 valence electrons. The maximum atomic E-state index is 11.3. The number of rotatable bonds is 5. The van der Waals surface area contributed by atoms with Crippen LogP contribution in [-0.4, -0.2) is 44.2 Å². The van der Waals surface area contributed by atoms with Crippen molar-refractivity contribution < 1.29 is 9.53 Å². The van der Waals surface area contributed by atoms with Gasteiger partial charge in [-0.3, -0.25) is 0 Å². The molecule has 0 saturated carbocycles. The molecular weight excluding hydrogens is 298 g/mol. The molecule has 6 heteroatoms. The van der Waals surface area contributed by atoms with Crippen LogP contribution in [0, 0.1) is 0 Å². The number of hydrogen-bond donors (Lipinski definition) is 2. The van der Waals surface area contributed by atoms with Crippen molar-refractivity contribution in [2.75, 3.05) is 38.6 Å². The molecule has 2 amide bonds. The van der Waals surface area contributed by atoms with E-state index in [0.717, 1.165) is 29.0 Å². The Labute approximate surface area is 115 Å². The lowest BCUT2D eigenvalue weighted by Gasteiger charge is -2.16.